The molecule has 1 aromatic heterocycles. The van der Waals surface area contributed by atoms with Crippen molar-refractivity contribution in [3.05, 3.63) is 52.7 Å². The zero-order valence-electron chi connectivity index (χ0n) is 11.2. The van der Waals surface area contributed by atoms with Crippen LogP contribution in [-0.4, -0.2) is 16.1 Å². The number of benzene rings is 1. The molecule has 104 valence electrons. The summed E-state index contributed by atoms with van der Waals surface area (Å²) in [4.78, 5) is 15.2. The average molecular weight is 280 g/mol. The van der Waals surface area contributed by atoms with E-state index in [4.69, 9.17) is 9.84 Å². The standard InChI is InChI=1S/C16H12N2O3/c17-9-12-8-11-2-1-3-14(11)18-15(12)21-13-6-4-10(5-7-13)16(19)20/h4-8H,1-3H2,(H,19,20). The van der Waals surface area contributed by atoms with Crippen LogP contribution in [0.15, 0.2) is 30.3 Å². The molecule has 0 radical (unpaired) electrons. The molecule has 0 aliphatic heterocycles. The van der Waals surface area contributed by atoms with Gasteiger partial charge in [-0.15, -0.1) is 0 Å². The highest BCUT2D eigenvalue weighted by atomic mass is 16.5. The van der Waals surface area contributed by atoms with E-state index in [1.807, 2.05) is 6.07 Å². The van der Waals surface area contributed by atoms with Crippen molar-refractivity contribution in [1.82, 2.24) is 4.98 Å². The van der Waals surface area contributed by atoms with Gasteiger partial charge in [0.2, 0.25) is 5.88 Å². The van der Waals surface area contributed by atoms with Gasteiger partial charge in [0.1, 0.15) is 17.4 Å². The lowest BCUT2D eigenvalue weighted by atomic mass is 10.1. The number of nitriles is 1. The molecule has 0 atom stereocenters. The minimum Gasteiger partial charge on any atom is -0.478 e. The van der Waals surface area contributed by atoms with Gasteiger partial charge in [0, 0.05) is 5.69 Å². The highest BCUT2D eigenvalue weighted by Crippen LogP contribution is 2.29. The summed E-state index contributed by atoms with van der Waals surface area (Å²) in [6.45, 7) is 0. The molecule has 3 rings (SSSR count). The minimum absolute atomic E-state index is 0.185. The van der Waals surface area contributed by atoms with E-state index in [0.29, 0.717) is 11.3 Å². The molecule has 0 spiro atoms. The number of aromatic carboxylic acids is 1. The Kier molecular flexibility index (Phi) is 3.28. The van der Waals surface area contributed by atoms with E-state index < -0.39 is 5.97 Å². The van der Waals surface area contributed by atoms with Crippen LogP contribution >= 0.6 is 0 Å². The number of fused-ring (bicyclic) bond motifs is 1. The number of aryl methyl sites for hydroxylation is 2. The van der Waals surface area contributed by atoms with Crippen molar-refractivity contribution in [1.29, 1.82) is 5.26 Å². The van der Waals surface area contributed by atoms with Crippen LogP contribution < -0.4 is 4.74 Å². The Morgan fingerprint density at radius 3 is 2.71 bits per heavy atom. The Bertz CT molecular complexity index is 745. The summed E-state index contributed by atoms with van der Waals surface area (Å²) in [7, 11) is 0. The molecule has 0 saturated carbocycles. The van der Waals surface area contributed by atoms with Crippen molar-refractivity contribution in [2.24, 2.45) is 0 Å². The van der Waals surface area contributed by atoms with Gasteiger partial charge in [-0.2, -0.15) is 5.26 Å². The lowest BCUT2D eigenvalue weighted by Gasteiger charge is -2.09. The number of hydrogen-bond donors (Lipinski definition) is 1. The van der Waals surface area contributed by atoms with Gasteiger partial charge in [0.05, 0.1) is 5.56 Å². The molecule has 0 amide bonds. The number of nitrogens with zero attached hydrogens (tertiary/aromatic N) is 2. The van der Waals surface area contributed by atoms with E-state index in [2.05, 4.69) is 11.1 Å². The van der Waals surface area contributed by atoms with Crippen molar-refractivity contribution >= 4 is 5.97 Å². The molecule has 0 unspecified atom stereocenters. The Hall–Kier alpha value is -2.87. The van der Waals surface area contributed by atoms with Crippen molar-refractivity contribution in [3.8, 4) is 17.7 Å². The molecule has 5 heteroatoms. The van der Waals surface area contributed by atoms with Crippen molar-refractivity contribution < 1.29 is 14.6 Å². The van der Waals surface area contributed by atoms with Gasteiger partial charge >= 0.3 is 5.97 Å². The quantitative estimate of drug-likeness (QED) is 0.934. The molecular formula is C16H12N2O3. The van der Waals surface area contributed by atoms with Crippen LogP contribution in [0.5, 0.6) is 11.6 Å². The molecule has 1 aromatic carbocycles. The molecule has 1 aliphatic rings. The topological polar surface area (TPSA) is 83.2 Å². The van der Waals surface area contributed by atoms with Crippen LogP contribution in [0.1, 0.15) is 33.6 Å². The average Bonchev–Trinajstić information content (AvgIpc) is 2.94. The highest BCUT2D eigenvalue weighted by molar-refractivity contribution is 5.87. The molecule has 0 saturated heterocycles. The second-order valence-corrected chi connectivity index (χ2v) is 4.84. The zero-order valence-corrected chi connectivity index (χ0v) is 11.2. The normalized spacial score (nSPS) is 12.5. The van der Waals surface area contributed by atoms with E-state index >= 15 is 0 Å². The van der Waals surface area contributed by atoms with Crippen LogP contribution in [0, 0.1) is 11.3 Å². The SMILES string of the molecule is N#Cc1cc2c(nc1Oc1ccc(C(=O)O)cc1)CCC2. The molecule has 21 heavy (non-hydrogen) atoms. The van der Waals surface area contributed by atoms with Crippen LogP contribution in [0.4, 0.5) is 0 Å². The predicted octanol–water partition coefficient (Wildman–Crippen LogP) is 2.93. The number of ether oxygens (including phenoxy) is 1. The Balaban J connectivity index is 1.91. The molecule has 0 fully saturated rings. The van der Waals surface area contributed by atoms with Crippen LogP contribution in [0.2, 0.25) is 0 Å². The molecule has 2 aromatic rings. The molecular weight excluding hydrogens is 268 g/mol. The summed E-state index contributed by atoms with van der Waals surface area (Å²) in [5, 5.41) is 18.1. The summed E-state index contributed by atoms with van der Waals surface area (Å²) in [6.07, 6.45) is 2.89. The fourth-order valence-corrected chi connectivity index (χ4v) is 2.39. The summed E-state index contributed by atoms with van der Waals surface area (Å²) in [6, 6.07) is 9.94. The number of carboxylic acid groups (broad SMARTS) is 1. The lowest BCUT2D eigenvalue weighted by molar-refractivity contribution is 0.0697. The predicted molar refractivity (Wildman–Crippen MR) is 74.5 cm³/mol. The van der Waals surface area contributed by atoms with E-state index in [-0.39, 0.29) is 11.4 Å². The van der Waals surface area contributed by atoms with Crippen molar-refractivity contribution in [3.63, 3.8) is 0 Å². The second-order valence-electron chi connectivity index (χ2n) is 4.84. The second kappa shape index (κ2) is 5.25. The molecule has 5 nitrogen and oxygen atoms in total. The van der Waals surface area contributed by atoms with Crippen LogP contribution in [0.25, 0.3) is 0 Å². The zero-order chi connectivity index (χ0) is 14.8. The maximum absolute atomic E-state index is 10.8. The van der Waals surface area contributed by atoms with Crippen molar-refractivity contribution in [2.45, 2.75) is 19.3 Å². The first-order valence-electron chi connectivity index (χ1n) is 6.61. The van der Waals surface area contributed by atoms with E-state index in [9.17, 15) is 10.1 Å². The van der Waals surface area contributed by atoms with Gasteiger partial charge in [0.25, 0.3) is 0 Å². The third kappa shape index (κ3) is 2.56. The number of rotatable bonds is 3. The summed E-state index contributed by atoms with van der Waals surface area (Å²) in [5.41, 5.74) is 2.68. The number of hydrogen-bond acceptors (Lipinski definition) is 4. The molecule has 0 bridgehead atoms. The van der Waals surface area contributed by atoms with Gasteiger partial charge in [0.15, 0.2) is 0 Å². The monoisotopic (exact) mass is 280 g/mol. The first-order valence-corrected chi connectivity index (χ1v) is 6.61. The third-order valence-electron chi connectivity index (χ3n) is 3.45. The smallest absolute Gasteiger partial charge is 0.335 e. The van der Waals surface area contributed by atoms with Crippen LogP contribution in [-0.2, 0) is 12.8 Å². The highest BCUT2D eigenvalue weighted by Gasteiger charge is 2.17. The summed E-state index contributed by atoms with van der Waals surface area (Å²) >= 11 is 0. The molecule has 1 heterocycles. The number of pyridine rings is 1. The van der Waals surface area contributed by atoms with E-state index in [0.717, 1.165) is 30.5 Å². The minimum atomic E-state index is -0.991. The summed E-state index contributed by atoms with van der Waals surface area (Å²) in [5.74, 6) is -0.252. The Morgan fingerprint density at radius 2 is 2.05 bits per heavy atom. The first kappa shape index (κ1) is 13.1. The number of aromatic nitrogens is 1. The van der Waals surface area contributed by atoms with Gasteiger partial charge in [-0.1, -0.05) is 0 Å². The van der Waals surface area contributed by atoms with Gasteiger partial charge < -0.3 is 9.84 Å². The third-order valence-corrected chi connectivity index (χ3v) is 3.45. The molecule has 1 aliphatic carbocycles. The summed E-state index contributed by atoms with van der Waals surface area (Å²) < 4.78 is 5.63. The van der Waals surface area contributed by atoms with Gasteiger partial charge in [-0.05, 0) is 55.2 Å². The van der Waals surface area contributed by atoms with E-state index in [1.165, 1.54) is 12.1 Å². The number of carboxylic acids is 1. The Morgan fingerprint density at radius 1 is 1.29 bits per heavy atom. The number of carbonyl (C=O) groups is 1. The van der Waals surface area contributed by atoms with Gasteiger partial charge in [-0.25, -0.2) is 9.78 Å². The van der Waals surface area contributed by atoms with E-state index in [1.54, 1.807) is 12.1 Å². The largest absolute Gasteiger partial charge is 0.478 e. The lowest BCUT2D eigenvalue weighted by Crippen LogP contribution is -1.98. The maximum atomic E-state index is 10.8. The van der Waals surface area contributed by atoms with Crippen LogP contribution in [0.3, 0.4) is 0 Å². The maximum Gasteiger partial charge on any atom is 0.335 e. The van der Waals surface area contributed by atoms with Crippen molar-refractivity contribution in [2.75, 3.05) is 0 Å². The fourth-order valence-electron chi connectivity index (χ4n) is 2.39. The van der Waals surface area contributed by atoms with Gasteiger partial charge in [-0.3, -0.25) is 0 Å². The molecule has 1 N–H and O–H groups in total. The fraction of sp³-hybridized carbons (Fsp3) is 0.188. The Labute approximate surface area is 121 Å². The first-order chi connectivity index (χ1) is 10.2.